The van der Waals surface area contributed by atoms with Crippen molar-refractivity contribution in [2.45, 2.75) is 63.3 Å². The van der Waals surface area contributed by atoms with Crippen LogP contribution in [0.25, 0.3) is 0 Å². The lowest BCUT2D eigenvalue weighted by Crippen LogP contribution is -2.34. The maximum Gasteiger partial charge on any atom is 0.293 e. The number of likely N-dealkylation sites (tertiary alicyclic amines) is 1. The first-order chi connectivity index (χ1) is 12.6. The number of nitrogens with two attached hydrogens (primary N) is 1. The summed E-state index contributed by atoms with van der Waals surface area (Å²) in [5.41, 5.74) is -0.0753. The predicted molar refractivity (Wildman–Crippen MR) is 111 cm³/mol. The Bertz CT molecular complexity index is 578. The fraction of sp³-hybridized carbons (Fsp3) is 0.684. The lowest BCUT2D eigenvalue weighted by atomic mass is 10.0. The molecule has 0 aromatic carbocycles. The van der Waals surface area contributed by atoms with E-state index in [-0.39, 0.29) is 11.1 Å². The van der Waals surface area contributed by atoms with Crippen molar-refractivity contribution in [1.29, 1.82) is 0 Å². The zero-order valence-electron chi connectivity index (χ0n) is 17.3. The molecule has 1 aliphatic heterocycles. The van der Waals surface area contributed by atoms with Gasteiger partial charge in [0.05, 0.1) is 12.7 Å². The second-order valence-corrected chi connectivity index (χ2v) is 8.78. The van der Waals surface area contributed by atoms with E-state index in [1.54, 1.807) is 0 Å². The van der Waals surface area contributed by atoms with Crippen molar-refractivity contribution in [2.75, 3.05) is 32.1 Å². The van der Waals surface area contributed by atoms with E-state index < -0.39 is 0 Å². The Labute approximate surface area is 167 Å². The molecule has 1 aromatic rings. The summed E-state index contributed by atoms with van der Waals surface area (Å²) < 4.78 is 10.5. The molecule has 0 aliphatic carbocycles. The van der Waals surface area contributed by atoms with Crippen LogP contribution in [-0.4, -0.2) is 60.3 Å². The Balaban J connectivity index is 0.000000445. The molecule has 7 nitrogen and oxygen atoms in total. The number of pyridine rings is 1. The standard InChI is InChI=1S/C14H24N4OS.C5H10O2/c1-14(2)9-11(10-18(14)3)19-8-7-16-12-5-4-6-13(17-12)20-15;1-5(2,3)7-4-6/h4-6,11H,7-10,15H2,1-3H3,(H,16,17);4H,1-3H3. The second-order valence-electron chi connectivity index (χ2n) is 8.12. The van der Waals surface area contributed by atoms with Crippen LogP contribution < -0.4 is 10.5 Å². The highest BCUT2D eigenvalue weighted by Crippen LogP contribution is 2.28. The van der Waals surface area contributed by atoms with E-state index in [2.05, 4.69) is 40.8 Å². The van der Waals surface area contributed by atoms with Crippen LogP contribution in [0.15, 0.2) is 23.2 Å². The molecular weight excluding hydrogens is 364 g/mol. The molecule has 2 heterocycles. The molecule has 0 spiro atoms. The minimum absolute atomic E-state index is 0.242. The van der Waals surface area contributed by atoms with Gasteiger partial charge in [-0.15, -0.1) is 0 Å². The molecule has 0 radical (unpaired) electrons. The van der Waals surface area contributed by atoms with Gasteiger partial charge in [-0.2, -0.15) is 0 Å². The van der Waals surface area contributed by atoms with Gasteiger partial charge in [0.25, 0.3) is 6.47 Å². The number of hydrogen-bond donors (Lipinski definition) is 2. The normalized spacial score (nSPS) is 19.1. The molecule has 1 aliphatic rings. The number of aromatic nitrogens is 1. The molecule has 0 bridgehead atoms. The lowest BCUT2D eigenvalue weighted by molar-refractivity contribution is -0.138. The summed E-state index contributed by atoms with van der Waals surface area (Å²) in [4.78, 5) is 16.3. The number of rotatable bonds is 7. The van der Waals surface area contributed by atoms with Crippen LogP contribution in [0.5, 0.6) is 0 Å². The Morgan fingerprint density at radius 3 is 2.63 bits per heavy atom. The second kappa shape index (κ2) is 10.8. The molecule has 1 aromatic heterocycles. The third-order valence-electron chi connectivity index (χ3n) is 4.25. The largest absolute Gasteiger partial charge is 0.462 e. The third kappa shape index (κ3) is 9.41. The molecule has 1 atom stereocenters. The van der Waals surface area contributed by atoms with Crippen molar-refractivity contribution in [1.82, 2.24) is 9.88 Å². The van der Waals surface area contributed by atoms with E-state index >= 15 is 0 Å². The molecule has 3 N–H and O–H groups in total. The predicted octanol–water partition coefficient (Wildman–Crippen LogP) is 2.92. The molecular formula is C19H34N4O3S. The number of carbonyl (C=O) groups is 1. The number of nitrogens with one attached hydrogen (secondary N) is 1. The molecule has 154 valence electrons. The summed E-state index contributed by atoms with van der Waals surface area (Å²) >= 11 is 1.15. The van der Waals surface area contributed by atoms with Crippen LogP contribution in [0.4, 0.5) is 5.82 Å². The zero-order valence-corrected chi connectivity index (χ0v) is 18.1. The minimum atomic E-state index is -0.318. The van der Waals surface area contributed by atoms with E-state index in [0.717, 1.165) is 42.3 Å². The maximum absolute atomic E-state index is 9.60. The van der Waals surface area contributed by atoms with E-state index in [0.29, 0.717) is 19.2 Å². The molecule has 1 saturated heterocycles. The quantitative estimate of drug-likeness (QED) is 0.412. The highest BCUT2D eigenvalue weighted by Gasteiger charge is 2.36. The average Bonchev–Trinajstić information content (AvgIpc) is 2.84. The van der Waals surface area contributed by atoms with Crippen LogP contribution in [0, 0.1) is 0 Å². The van der Waals surface area contributed by atoms with Gasteiger partial charge < -0.3 is 14.8 Å². The Morgan fingerprint density at radius 2 is 2.15 bits per heavy atom. The van der Waals surface area contributed by atoms with Gasteiger partial charge in [0, 0.05) is 18.6 Å². The summed E-state index contributed by atoms with van der Waals surface area (Å²) in [7, 11) is 2.15. The summed E-state index contributed by atoms with van der Waals surface area (Å²) in [6, 6.07) is 5.77. The van der Waals surface area contributed by atoms with Crippen LogP contribution in [0.1, 0.15) is 41.0 Å². The Kier molecular flexibility index (Phi) is 9.52. The number of carbonyl (C=O) groups excluding carboxylic acids is 1. The van der Waals surface area contributed by atoms with Crippen LogP contribution in [0.3, 0.4) is 0 Å². The summed E-state index contributed by atoms with van der Waals surface area (Å²) in [6.07, 6.45) is 1.41. The van der Waals surface area contributed by atoms with Crippen molar-refractivity contribution < 1.29 is 14.3 Å². The third-order valence-corrected chi connectivity index (χ3v) is 4.71. The molecule has 27 heavy (non-hydrogen) atoms. The zero-order chi connectivity index (χ0) is 20.5. The molecule has 1 unspecified atom stereocenters. The number of nitrogens with zero attached hydrogens (tertiary/aromatic N) is 2. The molecule has 1 fully saturated rings. The monoisotopic (exact) mass is 398 g/mol. The van der Waals surface area contributed by atoms with Crippen molar-refractivity contribution in [2.24, 2.45) is 5.14 Å². The van der Waals surface area contributed by atoms with Crippen LogP contribution in [0.2, 0.25) is 0 Å². The maximum atomic E-state index is 9.60. The summed E-state index contributed by atoms with van der Waals surface area (Å²) in [6.45, 7) is 12.9. The highest BCUT2D eigenvalue weighted by atomic mass is 32.2. The lowest BCUT2D eigenvalue weighted by Gasteiger charge is -2.26. The number of anilines is 1. The van der Waals surface area contributed by atoms with Gasteiger partial charge in [0.1, 0.15) is 16.4 Å². The van der Waals surface area contributed by atoms with Gasteiger partial charge in [-0.05, 0) is 72.2 Å². The molecule has 8 heteroatoms. The SMILES string of the molecule is CC(C)(C)OC=O.CN1CC(OCCNc2cccc(SN)n2)CC1(C)C. The molecule has 2 rings (SSSR count). The van der Waals surface area contributed by atoms with Crippen LogP contribution >= 0.6 is 11.9 Å². The number of likely N-dealkylation sites (N-methyl/N-ethyl adjacent to an activating group) is 1. The molecule has 0 saturated carbocycles. The van der Waals surface area contributed by atoms with Gasteiger partial charge in [0.15, 0.2) is 0 Å². The Hall–Kier alpha value is -1.35. The van der Waals surface area contributed by atoms with Crippen molar-refractivity contribution >= 4 is 24.2 Å². The van der Waals surface area contributed by atoms with E-state index in [4.69, 9.17) is 9.88 Å². The summed E-state index contributed by atoms with van der Waals surface area (Å²) in [5.74, 6) is 0.841. The van der Waals surface area contributed by atoms with E-state index in [1.165, 1.54) is 0 Å². The molecule has 0 amide bonds. The highest BCUT2D eigenvalue weighted by molar-refractivity contribution is 7.97. The van der Waals surface area contributed by atoms with Gasteiger partial charge >= 0.3 is 0 Å². The van der Waals surface area contributed by atoms with E-state index in [1.807, 2.05) is 39.0 Å². The van der Waals surface area contributed by atoms with Gasteiger partial charge in [0.2, 0.25) is 0 Å². The number of hydrogen-bond acceptors (Lipinski definition) is 8. The van der Waals surface area contributed by atoms with Gasteiger partial charge in [-0.25, -0.2) is 4.98 Å². The van der Waals surface area contributed by atoms with Crippen LogP contribution in [-0.2, 0) is 14.3 Å². The Morgan fingerprint density at radius 1 is 1.44 bits per heavy atom. The first-order valence-corrected chi connectivity index (χ1v) is 9.97. The topological polar surface area (TPSA) is 89.7 Å². The minimum Gasteiger partial charge on any atom is -0.462 e. The number of ether oxygens (including phenoxy) is 2. The van der Waals surface area contributed by atoms with Crippen molar-refractivity contribution in [3.05, 3.63) is 18.2 Å². The fourth-order valence-electron chi connectivity index (χ4n) is 2.57. The average molecular weight is 399 g/mol. The fourth-order valence-corrected chi connectivity index (χ4v) is 2.88. The van der Waals surface area contributed by atoms with Crippen molar-refractivity contribution in [3.8, 4) is 0 Å². The van der Waals surface area contributed by atoms with Gasteiger partial charge in [-0.1, -0.05) is 6.07 Å². The first kappa shape index (κ1) is 23.7. The smallest absolute Gasteiger partial charge is 0.293 e. The summed E-state index contributed by atoms with van der Waals surface area (Å²) in [5, 5.41) is 9.56. The van der Waals surface area contributed by atoms with Crippen molar-refractivity contribution in [3.63, 3.8) is 0 Å². The van der Waals surface area contributed by atoms with E-state index in [9.17, 15) is 4.79 Å². The first-order valence-electron chi connectivity index (χ1n) is 9.09. The van der Waals surface area contributed by atoms with Gasteiger partial charge in [-0.3, -0.25) is 14.8 Å².